The summed E-state index contributed by atoms with van der Waals surface area (Å²) in [5.41, 5.74) is -0.487. The van der Waals surface area contributed by atoms with Gasteiger partial charge in [-0.15, -0.1) is 0 Å². The predicted octanol–water partition coefficient (Wildman–Crippen LogP) is 1.68. The molecule has 0 aromatic heterocycles. The van der Waals surface area contributed by atoms with Gasteiger partial charge in [-0.05, 0) is 46.1 Å². The SMILES string of the molecule is CC(C)(O)CCC1CCCCN1. The summed E-state index contributed by atoms with van der Waals surface area (Å²) in [7, 11) is 0. The lowest BCUT2D eigenvalue weighted by Crippen LogP contribution is -2.35. The first kappa shape index (κ1) is 10.0. The summed E-state index contributed by atoms with van der Waals surface area (Å²) >= 11 is 0. The van der Waals surface area contributed by atoms with Gasteiger partial charge in [0.15, 0.2) is 0 Å². The number of piperidine rings is 1. The number of aliphatic hydroxyl groups is 1. The minimum atomic E-state index is -0.487. The fourth-order valence-corrected chi connectivity index (χ4v) is 1.70. The van der Waals surface area contributed by atoms with E-state index in [0.717, 1.165) is 19.4 Å². The molecule has 0 aromatic carbocycles. The van der Waals surface area contributed by atoms with Crippen LogP contribution in [0.5, 0.6) is 0 Å². The van der Waals surface area contributed by atoms with E-state index in [1.807, 2.05) is 13.8 Å². The molecule has 2 heteroatoms. The fraction of sp³-hybridized carbons (Fsp3) is 1.00. The second-order valence-corrected chi connectivity index (χ2v) is 4.50. The van der Waals surface area contributed by atoms with Crippen molar-refractivity contribution < 1.29 is 5.11 Å². The van der Waals surface area contributed by atoms with Crippen LogP contribution in [0.25, 0.3) is 0 Å². The van der Waals surface area contributed by atoms with Crippen molar-refractivity contribution in [2.24, 2.45) is 0 Å². The minimum Gasteiger partial charge on any atom is -0.390 e. The van der Waals surface area contributed by atoms with Gasteiger partial charge in [0.05, 0.1) is 5.60 Å². The van der Waals surface area contributed by atoms with Gasteiger partial charge in [-0.1, -0.05) is 6.42 Å². The van der Waals surface area contributed by atoms with E-state index in [2.05, 4.69) is 5.32 Å². The monoisotopic (exact) mass is 171 g/mol. The largest absolute Gasteiger partial charge is 0.390 e. The number of hydrogen-bond donors (Lipinski definition) is 2. The van der Waals surface area contributed by atoms with Crippen LogP contribution in [0.3, 0.4) is 0 Å². The van der Waals surface area contributed by atoms with Gasteiger partial charge in [0.2, 0.25) is 0 Å². The molecular formula is C10H21NO. The van der Waals surface area contributed by atoms with Crippen molar-refractivity contribution in [1.82, 2.24) is 5.32 Å². The van der Waals surface area contributed by atoms with E-state index >= 15 is 0 Å². The molecule has 1 unspecified atom stereocenters. The van der Waals surface area contributed by atoms with E-state index in [1.165, 1.54) is 19.3 Å². The minimum absolute atomic E-state index is 0.487. The lowest BCUT2D eigenvalue weighted by molar-refractivity contribution is 0.0643. The molecule has 0 saturated carbocycles. The number of nitrogens with one attached hydrogen (secondary N) is 1. The quantitative estimate of drug-likeness (QED) is 0.677. The molecule has 0 aromatic rings. The van der Waals surface area contributed by atoms with Gasteiger partial charge in [0.25, 0.3) is 0 Å². The van der Waals surface area contributed by atoms with Crippen molar-refractivity contribution in [1.29, 1.82) is 0 Å². The molecule has 0 amide bonds. The first-order chi connectivity index (χ1) is 5.58. The highest BCUT2D eigenvalue weighted by molar-refractivity contribution is 4.75. The lowest BCUT2D eigenvalue weighted by atomic mass is 9.94. The van der Waals surface area contributed by atoms with Crippen LogP contribution in [0, 0.1) is 0 Å². The van der Waals surface area contributed by atoms with E-state index in [9.17, 15) is 5.11 Å². The summed E-state index contributed by atoms with van der Waals surface area (Å²) in [5, 5.41) is 13.0. The molecule has 1 aliphatic heterocycles. The zero-order valence-corrected chi connectivity index (χ0v) is 8.27. The standard InChI is InChI=1S/C10H21NO/c1-10(2,12)7-6-9-5-3-4-8-11-9/h9,11-12H,3-8H2,1-2H3. The summed E-state index contributed by atoms with van der Waals surface area (Å²) in [4.78, 5) is 0. The van der Waals surface area contributed by atoms with E-state index in [0.29, 0.717) is 6.04 Å². The molecule has 1 saturated heterocycles. The normalized spacial score (nSPS) is 25.8. The molecular weight excluding hydrogens is 150 g/mol. The maximum absolute atomic E-state index is 9.52. The van der Waals surface area contributed by atoms with Gasteiger partial charge >= 0.3 is 0 Å². The second-order valence-electron chi connectivity index (χ2n) is 4.50. The van der Waals surface area contributed by atoms with E-state index < -0.39 is 5.60 Å². The fourth-order valence-electron chi connectivity index (χ4n) is 1.70. The molecule has 12 heavy (non-hydrogen) atoms. The number of rotatable bonds is 3. The molecule has 0 radical (unpaired) electrons. The molecule has 1 heterocycles. The zero-order chi connectivity index (χ0) is 9.03. The summed E-state index contributed by atoms with van der Waals surface area (Å²) < 4.78 is 0. The van der Waals surface area contributed by atoms with Crippen molar-refractivity contribution in [3.05, 3.63) is 0 Å². The van der Waals surface area contributed by atoms with Gasteiger partial charge in [-0.3, -0.25) is 0 Å². The second kappa shape index (κ2) is 4.24. The summed E-state index contributed by atoms with van der Waals surface area (Å²) in [5.74, 6) is 0. The highest BCUT2D eigenvalue weighted by atomic mass is 16.3. The van der Waals surface area contributed by atoms with Gasteiger partial charge < -0.3 is 10.4 Å². The molecule has 72 valence electrons. The molecule has 0 aliphatic carbocycles. The molecule has 1 rings (SSSR count). The third-order valence-electron chi connectivity index (χ3n) is 2.52. The van der Waals surface area contributed by atoms with Crippen molar-refractivity contribution >= 4 is 0 Å². The van der Waals surface area contributed by atoms with Crippen molar-refractivity contribution in [2.45, 2.75) is 57.6 Å². The summed E-state index contributed by atoms with van der Waals surface area (Å²) in [6.45, 7) is 4.93. The Bertz CT molecular complexity index is 122. The smallest absolute Gasteiger partial charge is 0.0592 e. The van der Waals surface area contributed by atoms with Crippen molar-refractivity contribution in [3.8, 4) is 0 Å². The molecule has 1 atom stereocenters. The van der Waals surface area contributed by atoms with E-state index in [-0.39, 0.29) is 0 Å². The lowest BCUT2D eigenvalue weighted by Gasteiger charge is -2.26. The Labute approximate surface area is 75.4 Å². The first-order valence-electron chi connectivity index (χ1n) is 5.04. The van der Waals surface area contributed by atoms with Crippen LogP contribution < -0.4 is 5.32 Å². The summed E-state index contributed by atoms with van der Waals surface area (Å²) in [6, 6.07) is 0.658. The number of hydrogen-bond acceptors (Lipinski definition) is 2. The Morgan fingerprint density at radius 3 is 2.67 bits per heavy atom. The Morgan fingerprint density at radius 2 is 2.17 bits per heavy atom. The third-order valence-corrected chi connectivity index (χ3v) is 2.52. The van der Waals surface area contributed by atoms with Crippen molar-refractivity contribution in [2.75, 3.05) is 6.54 Å². The van der Waals surface area contributed by atoms with Crippen LogP contribution in [0.1, 0.15) is 46.0 Å². The maximum Gasteiger partial charge on any atom is 0.0592 e. The Morgan fingerprint density at radius 1 is 1.42 bits per heavy atom. The third kappa shape index (κ3) is 4.07. The molecule has 1 aliphatic rings. The Hall–Kier alpha value is -0.0800. The van der Waals surface area contributed by atoms with Crippen LogP contribution in [0.2, 0.25) is 0 Å². The zero-order valence-electron chi connectivity index (χ0n) is 8.27. The molecule has 0 spiro atoms. The average Bonchev–Trinajstić information content (AvgIpc) is 2.02. The van der Waals surface area contributed by atoms with Crippen LogP contribution in [0.15, 0.2) is 0 Å². The van der Waals surface area contributed by atoms with Crippen LogP contribution in [0.4, 0.5) is 0 Å². The summed E-state index contributed by atoms with van der Waals surface area (Å²) in [6.07, 6.45) is 5.98. The van der Waals surface area contributed by atoms with E-state index in [4.69, 9.17) is 0 Å². The van der Waals surface area contributed by atoms with Gasteiger partial charge in [0.1, 0.15) is 0 Å². The molecule has 1 fully saturated rings. The maximum atomic E-state index is 9.52. The van der Waals surface area contributed by atoms with E-state index in [1.54, 1.807) is 0 Å². The van der Waals surface area contributed by atoms with Gasteiger partial charge in [-0.2, -0.15) is 0 Å². The average molecular weight is 171 g/mol. The van der Waals surface area contributed by atoms with Crippen LogP contribution in [-0.4, -0.2) is 23.3 Å². The predicted molar refractivity (Wildman–Crippen MR) is 51.2 cm³/mol. The van der Waals surface area contributed by atoms with Gasteiger partial charge in [-0.25, -0.2) is 0 Å². The first-order valence-corrected chi connectivity index (χ1v) is 5.04. The highest BCUT2D eigenvalue weighted by Crippen LogP contribution is 2.17. The topological polar surface area (TPSA) is 32.3 Å². The molecule has 2 nitrogen and oxygen atoms in total. The van der Waals surface area contributed by atoms with Crippen LogP contribution >= 0.6 is 0 Å². The van der Waals surface area contributed by atoms with Crippen molar-refractivity contribution in [3.63, 3.8) is 0 Å². The van der Waals surface area contributed by atoms with Gasteiger partial charge in [0, 0.05) is 6.04 Å². The highest BCUT2D eigenvalue weighted by Gasteiger charge is 2.17. The van der Waals surface area contributed by atoms with Crippen LogP contribution in [-0.2, 0) is 0 Å². The molecule has 2 N–H and O–H groups in total. The molecule has 0 bridgehead atoms. The Kier molecular flexibility index (Phi) is 3.53. The Balaban J connectivity index is 2.13.